The van der Waals surface area contributed by atoms with Crippen LogP contribution < -0.4 is 5.32 Å². The highest BCUT2D eigenvalue weighted by atomic mass is 32.2. The van der Waals surface area contributed by atoms with Crippen LogP contribution in [0.3, 0.4) is 0 Å². The SMILES string of the molecule is Cc1sc2ncnc(SCC(=O)NCc3cccs3)c2c1C. The Morgan fingerprint density at radius 1 is 1.36 bits per heavy atom. The maximum atomic E-state index is 12.0. The first kappa shape index (κ1) is 15.5. The molecule has 0 spiro atoms. The van der Waals surface area contributed by atoms with Crippen LogP contribution in [0.25, 0.3) is 10.2 Å². The van der Waals surface area contributed by atoms with Gasteiger partial charge >= 0.3 is 0 Å². The number of hydrogen-bond acceptors (Lipinski definition) is 6. The van der Waals surface area contributed by atoms with Gasteiger partial charge in [-0.1, -0.05) is 17.8 Å². The van der Waals surface area contributed by atoms with Crippen LogP contribution >= 0.6 is 34.4 Å². The number of rotatable bonds is 5. The van der Waals surface area contributed by atoms with E-state index >= 15 is 0 Å². The van der Waals surface area contributed by atoms with Crippen LogP contribution in [0.4, 0.5) is 0 Å². The largest absolute Gasteiger partial charge is 0.350 e. The van der Waals surface area contributed by atoms with Gasteiger partial charge in [-0.3, -0.25) is 4.79 Å². The van der Waals surface area contributed by atoms with E-state index in [0.29, 0.717) is 12.3 Å². The Bertz CT molecular complexity index is 796. The molecule has 0 aliphatic rings. The zero-order valence-electron chi connectivity index (χ0n) is 12.3. The molecule has 4 nitrogen and oxygen atoms in total. The van der Waals surface area contributed by atoms with E-state index in [2.05, 4.69) is 29.1 Å². The molecular weight excluding hydrogens is 334 g/mol. The third-order valence-electron chi connectivity index (χ3n) is 3.31. The fraction of sp³-hybridized carbons (Fsp3) is 0.267. The molecule has 1 N–H and O–H groups in total. The third-order valence-corrected chi connectivity index (χ3v) is 6.29. The molecule has 0 atom stereocenters. The molecule has 0 aromatic carbocycles. The van der Waals surface area contributed by atoms with E-state index in [1.54, 1.807) is 29.0 Å². The van der Waals surface area contributed by atoms with Crippen molar-refractivity contribution in [1.82, 2.24) is 15.3 Å². The second-order valence-electron chi connectivity index (χ2n) is 4.79. The molecule has 3 rings (SSSR count). The van der Waals surface area contributed by atoms with E-state index in [0.717, 1.165) is 20.1 Å². The second-order valence-corrected chi connectivity index (χ2v) is 7.99. The number of carbonyl (C=O) groups excluding carboxylic acids is 1. The molecule has 114 valence electrons. The highest BCUT2D eigenvalue weighted by molar-refractivity contribution is 8.00. The summed E-state index contributed by atoms with van der Waals surface area (Å²) in [5, 5.41) is 6.91. The Kier molecular flexibility index (Phi) is 4.75. The number of nitrogens with one attached hydrogen (secondary N) is 1. The summed E-state index contributed by atoms with van der Waals surface area (Å²) in [5.41, 5.74) is 1.21. The Balaban J connectivity index is 1.65. The lowest BCUT2D eigenvalue weighted by Gasteiger charge is -2.05. The van der Waals surface area contributed by atoms with E-state index in [9.17, 15) is 4.79 Å². The summed E-state index contributed by atoms with van der Waals surface area (Å²) >= 11 is 4.79. The van der Waals surface area contributed by atoms with E-state index in [4.69, 9.17) is 0 Å². The Labute approximate surface area is 141 Å². The second kappa shape index (κ2) is 6.76. The van der Waals surface area contributed by atoms with Gasteiger partial charge in [0, 0.05) is 15.1 Å². The molecule has 3 aromatic rings. The standard InChI is InChI=1S/C15H15N3OS3/c1-9-10(2)22-15-13(9)14(17-8-18-15)21-7-12(19)16-6-11-4-3-5-20-11/h3-5,8H,6-7H2,1-2H3,(H,16,19). The minimum atomic E-state index is 0.0229. The number of hydrogen-bond donors (Lipinski definition) is 1. The maximum Gasteiger partial charge on any atom is 0.230 e. The molecule has 22 heavy (non-hydrogen) atoms. The average molecular weight is 350 g/mol. The summed E-state index contributed by atoms with van der Waals surface area (Å²) in [6.45, 7) is 4.76. The maximum absolute atomic E-state index is 12.0. The lowest BCUT2D eigenvalue weighted by atomic mass is 10.2. The summed E-state index contributed by atoms with van der Waals surface area (Å²) in [7, 11) is 0. The first-order chi connectivity index (χ1) is 10.6. The van der Waals surface area contributed by atoms with Crippen molar-refractivity contribution < 1.29 is 4.79 Å². The molecule has 7 heteroatoms. The smallest absolute Gasteiger partial charge is 0.230 e. The quantitative estimate of drug-likeness (QED) is 0.563. The molecule has 0 saturated heterocycles. The molecule has 0 radical (unpaired) electrons. The molecule has 3 aromatic heterocycles. The van der Waals surface area contributed by atoms with Crippen LogP contribution in [0.15, 0.2) is 28.9 Å². The molecule has 0 unspecified atom stereocenters. The first-order valence-electron chi connectivity index (χ1n) is 6.77. The molecule has 0 bridgehead atoms. The molecule has 0 aliphatic carbocycles. The van der Waals surface area contributed by atoms with Crippen LogP contribution in [0.2, 0.25) is 0 Å². The number of nitrogens with zero attached hydrogens (tertiary/aromatic N) is 2. The van der Waals surface area contributed by atoms with E-state index < -0.39 is 0 Å². The van der Waals surface area contributed by atoms with Gasteiger partial charge in [0.15, 0.2) is 0 Å². The minimum absolute atomic E-state index is 0.0229. The Hall–Kier alpha value is -1.44. The number of fused-ring (bicyclic) bond motifs is 1. The zero-order valence-corrected chi connectivity index (χ0v) is 14.7. The zero-order chi connectivity index (χ0) is 15.5. The molecule has 0 fully saturated rings. The lowest BCUT2D eigenvalue weighted by molar-refractivity contribution is -0.118. The predicted molar refractivity (Wildman–Crippen MR) is 93.8 cm³/mol. The van der Waals surface area contributed by atoms with Gasteiger partial charge in [-0.05, 0) is 30.9 Å². The predicted octanol–water partition coefficient (Wildman–Crippen LogP) is 3.78. The van der Waals surface area contributed by atoms with Crippen molar-refractivity contribution in [2.24, 2.45) is 0 Å². The number of amides is 1. The Morgan fingerprint density at radius 2 is 2.23 bits per heavy atom. The van der Waals surface area contributed by atoms with Crippen molar-refractivity contribution in [3.63, 3.8) is 0 Å². The number of aryl methyl sites for hydroxylation is 2. The normalized spacial score (nSPS) is 11.0. The van der Waals surface area contributed by atoms with E-state index in [-0.39, 0.29) is 5.91 Å². The van der Waals surface area contributed by atoms with Crippen molar-refractivity contribution in [3.8, 4) is 0 Å². The molecule has 0 saturated carbocycles. The van der Waals surface area contributed by atoms with Crippen LogP contribution in [-0.2, 0) is 11.3 Å². The number of thiophene rings is 2. The topological polar surface area (TPSA) is 54.9 Å². The van der Waals surface area contributed by atoms with Gasteiger partial charge in [0.2, 0.25) is 5.91 Å². The summed E-state index contributed by atoms with van der Waals surface area (Å²) in [6, 6.07) is 4.00. The van der Waals surface area contributed by atoms with Gasteiger partial charge in [-0.2, -0.15) is 0 Å². The molecule has 1 amide bonds. The summed E-state index contributed by atoms with van der Waals surface area (Å²) < 4.78 is 0. The van der Waals surface area contributed by atoms with Crippen LogP contribution in [0.5, 0.6) is 0 Å². The number of thioether (sulfide) groups is 1. The molecular formula is C15H15N3OS3. The Morgan fingerprint density at radius 3 is 3.00 bits per heavy atom. The van der Waals surface area contributed by atoms with Gasteiger partial charge in [0.05, 0.1) is 12.3 Å². The van der Waals surface area contributed by atoms with Crippen molar-refractivity contribution in [3.05, 3.63) is 39.2 Å². The van der Waals surface area contributed by atoms with Gasteiger partial charge in [0.25, 0.3) is 0 Å². The van der Waals surface area contributed by atoms with Gasteiger partial charge in [-0.25, -0.2) is 9.97 Å². The van der Waals surface area contributed by atoms with Crippen LogP contribution in [0.1, 0.15) is 15.3 Å². The minimum Gasteiger partial charge on any atom is -0.350 e. The van der Waals surface area contributed by atoms with Crippen molar-refractivity contribution in [2.75, 3.05) is 5.75 Å². The highest BCUT2D eigenvalue weighted by Gasteiger charge is 2.13. The highest BCUT2D eigenvalue weighted by Crippen LogP contribution is 2.34. The summed E-state index contributed by atoms with van der Waals surface area (Å²) in [5.74, 6) is 0.390. The van der Waals surface area contributed by atoms with Crippen molar-refractivity contribution in [1.29, 1.82) is 0 Å². The third kappa shape index (κ3) is 3.31. The van der Waals surface area contributed by atoms with Crippen LogP contribution in [-0.4, -0.2) is 21.6 Å². The number of aromatic nitrogens is 2. The van der Waals surface area contributed by atoms with Gasteiger partial charge in [0.1, 0.15) is 16.2 Å². The number of carbonyl (C=O) groups is 1. The fourth-order valence-electron chi connectivity index (χ4n) is 2.04. The monoisotopic (exact) mass is 349 g/mol. The van der Waals surface area contributed by atoms with E-state index in [1.165, 1.54) is 22.2 Å². The fourth-order valence-corrected chi connectivity index (χ4v) is 4.64. The summed E-state index contributed by atoms with van der Waals surface area (Å²) in [6.07, 6.45) is 1.57. The lowest BCUT2D eigenvalue weighted by Crippen LogP contribution is -2.24. The van der Waals surface area contributed by atoms with E-state index in [1.807, 2.05) is 17.5 Å². The first-order valence-corrected chi connectivity index (χ1v) is 9.46. The van der Waals surface area contributed by atoms with Gasteiger partial charge in [-0.15, -0.1) is 22.7 Å². The van der Waals surface area contributed by atoms with Crippen molar-refractivity contribution >= 4 is 50.6 Å². The summed E-state index contributed by atoms with van der Waals surface area (Å²) in [4.78, 5) is 24.0. The molecule has 0 aliphatic heterocycles. The van der Waals surface area contributed by atoms with Crippen molar-refractivity contribution in [2.45, 2.75) is 25.4 Å². The van der Waals surface area contributed by atoms with Crippen LogP contribution in [0, 0.1) is 13.8 Å². The molecule has 3 heterocycles. The van der Waals surface area contributed by atoms with Gasteiger partial charge < -0.3 is 5.32 Å². The average Bonchev–Trinajstić information content (AvgIpc) is 3.12.